The average Bonchev–Trinajstić information content (AvgIpc) is 2.72. The van der Waals surface area contributed by atoms with Gasteiger partial charge >= 0.3 is 0 Å². The first-order chi connectivity index (χ1) is 13.9. The zero-order chi connectivity index (χ0) is 20.8. The minimum Gasteiger partial charge on any atom is -0.486 e. The lowest BCUT2D eigenvalue weighted by atomic mass is 10.0. The highest BCUT2D eigenvalue weighted by Crippen LogP contribution is 2.32. The molecule has 0 unspecified atom stereocenters. The summed E-state index contributed by atoms with van der Waals surface area (Å²) in [4.78, 5) is 36.2. The molecule has 1 heterocycles. The number of carbonyl (C=O) groups is 3. The molecule has 0 bridgehead atoms. The summed E-state index contributed by atoms with van der Waals surface area (Å²) in [6.07, 6.45) is 0.126. The van der Waals surface area contributed by atoms with Gasteiger partial charge in [-0.15, -0.1) is 0 Å². The average molecular weight is 396 g/mol. The topological polar surface area (TPSA) is 93.7 Å². The van der Waals surface area contributed by atoms with E-state index < -0.39 is 0 Å². The summed E-state index contributed by atoms with van der Waals surface area (Å²) in [5.41, 5.74) is 3.30. The molecule has 0 aliphatic carbocycles. The van der Waals surface area contributed by atoms with Crippen molar-refractivity contribution >= 4 is 23.3 Å². The zero-order valence-corrected chi connectivity index (χ0v) is 16.5. The van der Waals surface area contributed by atoms with Crippen molar-refractivity contribution in [3.8, 4) is 11.5 Å². The SMILES string of the molecule is Cc1ccc(C(=O)CCC(=O)NCC(=O)Nc2ccc3c(c2)OCCO3)cc1C. The Bertz CT molecular complexity index is 939. The molecule has 0 saturated carbocycles. The number of nitrogens with one attached hydrogen (secondary N) is 2. The lowest BCUT2D eigenvalue weighted by molar-refractivity contribution is -0.124. The van der Waals surface area contributed by atoms with Gasteiger partial charge in [-0.25, -0.2) is 0 Å². The van der Waals surface area contributed by atoms with E-state index in [1.807, 2.05) is 26.0 Å². The summed E-state index contributed by atoms with van der Waals surface area (Å²) in [6, 6.07) is 10.6. The van der Waals surface area contributed by atoms with Crippen molar-refractivity contribution in [1.82, 2.24) is 5.32 Å². The summed E-state index contributed by atoms with van der Waals surface area (Å²) in [7, 11) is 0. The molecule has 1 aliphatic heterocycles. The molecule has 0 fully saturated rings. The first-order valence-electron chi connectivity index (χ1n) is 9.49. The zero-order valence-electron chi connectivity index (χ0n) is 16.5. The van der Waals surface area contributed by atoms with Crippen LogP contribution in [0.25, 0.3) is 0 Å². The van der Waals surface area contributed by atoms with E-state index in [1.165, 1.54) is 0 Å². The molecule has 2 aromatic rings. The van der Waals surface area contributed by atoms with Crippen LogP contribution in [0.1, 0.15) is 34.3 Å². The Balaban J connectivity index is 1.42. The highest BCUT2D eigenvalue weighted by Gasteiger charge is 2.14. The van der Waals surface area contributed by atoms with E-state index in [-0.39, 0.29) is 37.0 Å². The number of aryl methyl sites for hydroxylation is 2. The van der Waals surface area contributed by atoms with Gasteiger partial charge in [-0.1, -0.05) is 12.1 Å². The highest BCUT2D eigenvalue weighted by atomic mass is 16.6. The maximum atomic E-state index is 12.2. The first kappa shape index (κ1) is 20.4. The molecular weight excluding hydrogens is 372 g/mol. The lowest BCUT2D eigenvalue weighted by Crippen LogP contribution is -2.33. The van der Waals surface area contributed by atoms with Crippen molar-refractivity contribution in [2.45, 2.75) is 26.7 Å². The fourth-order valence-electron chi connectivity index (χ4n) is 2.88. The number of amides is 2. The highest BCUT2D eigenvalue weighted by molar-refractivity contribution is 5.99. The molecule has 0 aromatic heterocycles. The van der Waals surface area contributed by atoms with Crippen LogP contribution in [-0.2, 0) is 9.59 Å². The Hall–Kier alpha value is -3.35. The van der Waals surface area contributed by atoms with Gasteiger partial charge in [-0.05, 0) is 43.2 Å². The van der Waals surface area contributed by atoms with Crippen LogP contribution in [0.15, 0.2) is 36.4 Å². The van der Waals surface area contributed by atoms with Crippen LogP contribution in [0.2, 0.25) is 0 Å². The summed E-state index contributed by atoms with van der Waals surface area (Å²) < 4.78 is 10.9. The normalized spacial score (nSPS) is 12.2. The van der Waals surface area contributed by atoms with Crippen LogP contribution < -0.4 is 20.1 Å². The smallest absolute Gasteiger partial charge is 0.243 e. The van der Waals surface area contributed by atoms with Gasteiger partial charge < -0.3 is 20.1 Å². The van der Waals surface area contributed by atoms with Crippen LogP contribution >= 0.6 is 0 Å². The number of Topliss-reactive ketones (excluding diaryl/α,β-unsaturated/α-hetero) is 1. The molecule has 0 atom stereocenters. The number of benzene rings is 2. The summed E-state index contributed by atoms with van der Waals surface area (Å²) in [5, 5.41) is 5.23. The van der Waals surface area contributed by atoms with E-state index in [9.17, 15) is 14.4 Å². The molecule has 1 aliphatic rings. The van der Waals surface area contributed by atoms with Crippen LogP contribution in [0, 0.1) is 13.8 Å². The molecule has 2 aromatic carbocycles. The lowest BCUT2D eigenvalue weighted by Gasteiger charge is -2.19. The Morgan fingerprint density at radius 2 is 1.62 bits per heavy atom. The van der Waals surface area contributed by atoms with Crippen molar-refractivity contribution in [3.05, 3.63) is 53.1 Å². The van der Waals surface area contributed by atoms with Crippen LogP contribution in [0.4, 0.5) is 5.69 Å². The first-order valence-corrected chi connectivity index (χ1v) is 9.49. The number of fused-ring (bicyclic) bond motifs is 1. The fraction of sp³-hybridized carbons (Fsp3) is 0.318. The second-order valence-corrected chi connectivity index (χ2v) is 6.91. The molecule has 0 spiro atoms. The maximum Gasteiger partial charge on any atom is 0.243 e. The van der Waals surface area contributed by atoms with Crippen molar-refractivity contribution < 1.29 is 23.9 Å². The minimum atomic E-state index is -0.365. The molecule has 7 heteroatoms. The van der Waals surface area contributed by atoms with Gasteiger partial charge in [0.05, 0.1) is 6.54 Å². The van der Waals surface area contributed by atoms with Crippen molar-refractivity contribution in [1.29, 1.82) is 0 Å². The number of hydrogen-bond donors (Lipinski definition) is 2. The van der Waals surface area contributed by atoms with Gasteiger partial charge in [0.25, 0.3) is 0 Å². The summed E-state index contributed by atoms with van der Waals surface area (Å²) in [5.74, 6) is 0.401. The van der Waals surface area contributed by atoms with E-state index in [2.05, 4.69) is 10.6 Å². The summed E-state index contributed by atoms with van der Waals surface area (Å²) >= 11 is 0. The minimum absolute atomic E-state index is 0.0308. The van der Waals surface area contributed by atoms with Crippen LogP contribution in [0.3, 0.4) is 0 Å². The number of carbonyl (C=O) groups excluding carboxylic acids is 3. The molecule has 29 heavy (non-hydrogen) atoms. The Labute approximate surface area is 169 Å². The third kappa shape index (κ3) is 5.57. The third-order valence-corrected chi connectivity index (χ3v) is 4.68. The number of ketones is 1. The van der Waals surface area contributed by atoms with Crippen LogP contribution in [0.5, 0.6) is 11.5 Å². The molecule has 3 rings (SSSR count). The quantitative estimate of drug-likeness (QED) is 0.702. The van der Waals surface area contributed by atoms with Gasteiger partial charge in [0.1, 0.15) is 13.2 Å². The predicted molar refractivity (Wildman–Crippen MR) is 109 cm³/mol. The van der Waals surface area contributed by atoms with Gasteiger partial charge in [-0.2, -0.15) is 0 Å². The fourth-order valence-corrected chi connectivity index (χ4v) is 2.88. The number of anilines is 1. The number of rotatable bonds is 7. The molecule has 2 amide bonds. The predicted octanol–water partition coefficient (Wildman–Crippen LogP) is 2.79. The van der Waals surface area contributed by atoms with Crippen molar-refractivity contribution in [2.75, 3.05) is 25.1 Å². The second kappa shape index (κ2) is 9.23. The van der Waals surface area contributed by atoms with E-state index in [0.29, 0.717) is 36.0 Å². The Kier molecular flexibility index (Phi) is 6.49. The van der Waals surface area contributed by atoms with Crippen LogP contribution in [-0.4, -0.2) is 37.4 Å². The van der Waals surface area contributed by atoms with Gasteiger partial charge in [0, 0.05) is 30.2 Å². The van der Waals surface area contributed by atoms with E-state index in [1.54, 1.807) is 24.3 Å². The molecule has 2 N–H and O–H groups in total. The Morgan fingerprint density at radius 1 is 0.862 bits per heavy atom. The molecular formula is C22H24N2O5. The molecule has 152 valence electrons. The molecule has 0 saturated heterocycles. The maximum absolute atomic E-state index is 12.2. The standard InChI is InChI=1S/C22H24N2O5/c1-14-3-4-16(11-15(14)2)18(25)6-8-21(26)23-13-22(27)24-17-5-7-19-20(12-17)29-10-9-28-19/h3-5,7,11-12H,6,8-10,13H2,1-2H3,(H,23,26)(H,24,27). The molecule has 7 nitrogen and oxygen atoms in total. The van der Waals surface area contributed by atoms with Gasteiger partial charge in [-0.3, -0.25) is 14.4 Å². The summed E-state index contributed by atoms with van der Waals surface area (Å²) in [6.45, 7) is 4.70. The van der Waals surface area contributed by atoms with E-state index in [0.717, 1.165) is 11.1 Å². The Morgan fingerprint density at radius 3 is 2.38 bits per heavy atom. The third-order valence-electron chi connectivity index (χ3n) is 4.68. The second-order valence-electron chi connectivity index (χ2n) is 6.91. The largest absolute Gasteiger partial charge is 0.486 e. The van der Waals surface area contributed by atoms with E-state index in [4.69, 9.17) is 9.47 Å². The van der Waals surface area contributed by atoms with Crippen molar-refractivity contribution in [3.63, 3.8) is 0 Å². The van der Waals surface area contributed by atoms with Gasteiger partial charge in [0.2, 0.25) is 11.8 Å². The molecule has 0 radical (unpaired) electrons. The number of hydrogen-bond acceptors (Lipinski definition) is 5. The number of ether oxygens (including phenoxy) is 2. The van der Waals surface area contributed by atoms with E-state index >= 15 is 0 Å². The van der Waals surface area contributed by atoms with Gasteiger partial charge in [0.15, 0.2) is 17.3 Å². The van der Waals surface area contributed by atoms with Crippen molar-refractivity contribution in [2.24, 2.45) is 0 Å². The monoisotopic (exact) mass is 396 g/mol.